The van der Waals surface area contributed by atoms with Crippen LogP contribution in [0.5, 0.6) is 0 Å². The van der Waals surface area contributed by atoms with Gasteiger partial charge in [-0.1, -0.05) is 5.21 Å². The van der Waals surface area contributed by atoms with E-state index in [4.69, 9.17) is 10.2 Å². The molecule has 1 heterocycles. The molecule has 0 unspecified atom stereocenters. The van der Waals surface area contributed by atoms with Gasteiger partial charge in [0.2, 0.25) is 0 Å². The van der Waals surface area contributed by atoms with E-state index >= 15 is 0 Å². The summed E-state index contributed by atoms with van der Waals surface area (Å²) in [6.07, 6.45) is 0.212. The minimum Gasteiger partial charge on any atom is -0.480 e. The molecule has 5 N–H and O–H groups in total. The Labute approximate surface area is 123 Å². The third-order valence-corrected chi connectivity index (χ3v) is 2.80. The number of nitrogens with one attached hydrogen (secondary N) is 3. The van der Waals surface area contributed by atoms with Crippen LogP contribution in [0.25, 0.3) is 0 Å². The lowest BCUT2D eigenvalue weighted by atomic mass is 10.1. The Hall–Kier alpha value is -2.37. The minimum absolute atomic E-state index is 0.0287. The van der Waals surface area contributed by atoms with Gasteiger partial charge in [-0.25, -0.2) is 14.4 Å². The van der Waals surface area contributed by atoms with Crippen molar-refractivity contribution in [1.29, 1.82) is 0 Å². The van der Waals surface area contributed by atoms with Crippen molar-refractivity contribution >= 4 is 30.6 Å². The molecule has 21 heavy (non-hydrogen) atoms. The summed E-state index contributed by atoms with van der Waals surface area (Å²) in [7, 11) is 0. The Morgan fingerprint density at radius 2 is 1.81 bits per heavy atom. The molecule has 11 nitrogen and oxygen atoms in total. The van der Waals surface area contributed by atoms with Crippen molar-refractivity contribution in [3.63, 3.8) is 0 Å². The highest BCUT2D eigenvalue weighted by Gasteiger charge is 2.23. The number of aromatic amines is 1. The summed E-state index contributed by atoms with van der Waals surface area (Å²) in [6, 6.07) is -3.32. The smallest absolute Gasteiger partial charge is 0.327 e. The van der Waals surface area contributed by atoms with E-state index in [2.05, 4.69) is 43.9 Å². The number of tetrazole rings is 1. The molecule has 0 aromatic carbocycles. The van der Waals surface area contributed by atoms with Crippen molar-refractivity contribution in [1.82, 2.24) is 31.3 Å². The number of thiol groups is 1. The first kappa shape index (κ1) is 16.7. The molecular weight excluding hydrogens is 304 g/mol. The van der Waals surface area contributed by atoms with Crippen molar-refractivity contribution in [2.45, 2.75) is 24.9 Å². The topological polar surface area (TPSA) is 170 Å². The Bertz CT molecular complexity index is 495. The molecule has 1 aromatic heterocycles. The zero-order valence-corrected chi connectivity index (χ0v) is 11.6. The quantitative estimate of drug-likeness (QED) is 0.307. The second kappa shape index (κ2) is 8.04. The zero-order chi connectivity index (χ0) is 15.8. The van der Waals surface area contributed by atoms with Crippen LogP contribution in [0.1, 0.15) is 12.2 Å². The monoisotopic (exact) mass is 318 g/mol. The Morgan fingerprint density at radius 3 is 2.29 bits per heavy atom. The van der Waals surface area contributed by atoms with Crippen molar-refractivity contribution in [3.8, 4) is 0 Å². The number of carboxylic acid groups (broad SMARTS) is 2. The summed E-state index contributed by atoms with van der Waals surface area (Å²) in [5, 5.41) is 34.9. The number of hydrogen-bond acceptors (Lipinski definition) is 7. The number of rotatable bonds is 8. The Balaban J connectivity index is 2.51. The Kier molecular flexibility index (Phi) is 6.39. The van der Waals surface area contributed by atoms with Crippen LogP contribution in [0.15, 0.2) is 0 Å². The van der Waals surface area contributed by atoms with E-state index < -0.39 is 30.1 Å². The molecule has 0 saturated carbocycles. The van der Waals surface area contributed by atoms with E-state index in [0.717, 1.165) is 0 Å². The number of carbonyl (C=O) groups excluding carboxylic acids is 1. The fourth-order valence-electron chi connectivity index (χ4n) is 1.36. The molecule has 1 rings (SSSR count). The number of H-pyrrole nitrogens is 1. The maximum absolute atomic E-state index is 11.6. The number of aromatic nitrogens is 4. The van der Waals surface area contributed by atoms with Crippen LogP contribution in [0.2, 0.25) is 0 Å². The molecule has 12 heteroatoms. The SMILES string of the molecule is O=C(N[C@@H](CS)C(=O)O)N[C@@H](CCc1nn[nH]n1)C(=O)O. The van der Waals surface area contributed by atoms with Gasteiger partial charge in [-0.3, -0.25) is 0 Å². The molecule has 0 aliphatic carbocycles. The van der Waals surface area contributed by atoms with Crippen LogP contribution in [0, 0.1) is 0 Å². The highest BCUT2D eigenvalue weighted by atomic mass is 32.1. The standard InChI is InChI=1S/C9H14N6O5S/c16-7(17)4(1-2-6-12-14-15-13-6)10-9(20)11-5(3-21)8(18)19/h4-5,21H,1-3H2,(H,16,17)(H,18,19)(H2,10,11,20)(H,12,13,14,15)/t4-,5-/m0/s1. The zero-order valence-electron chi connectivity index (χ0n) is 10.7. The predicted molar refractivity (Wildman–Crippen MR) is 70.9 cm³/mol. The third kappa shape index (κ3) is 5.64. The number of urea groups is 1. The maximum atomic E-state index is 11.6. The van der Waals surface area contributed by atoms with E-state index in [1.165, 1.54) is 0 Å². The summed E-state index contributed by atoms with van der Waals surface area (Å²) >= 11 is 3.78. The number of amides is 2. The number of nitrogens with zero attached hydrogens (tertiary/aromatic N) is 3. The van der Waals surface area contributed by atoms with Crippen LogP contribution < -0.4 is 10.6 Å². The first-order valence-electron chi connectivity index (χ1n) is 5.79. The van der Waals surface area contributed by atoms with E-state index in [-0.39, 0.29) is 18.6 Å². The molecule has 1 aromatic rings. The van der Waals surface area contributed by atoms with Crippen LogP contribution in [-0.4, -0.2) is 66.6 Å². The van der Waals surface area contributed by atoms with Gasteiger partial charge in [0, 0.05) is 12.2 Å². The van der Waals surface area contributed by atoms with Crippen LogP contribution >= 0.6 is 12.6 Å². The lowest BCUT2D eigenvalue weighted by Gasteiger charge is -2.17. The summed E-state index contributed by atoms with van der Waals surface area (Å²) in [5.41, 5.74) is 0. The predicted octanol–water partition coefficient (Wildman–Crippen LogP) is -1.73. The van der Waals surface area contributed by atoms with Gasteiger partial charge in [0.25, 0.3) is 0 Å². The number of aryl methyl sites for hydroxylation is 1. The number of carboxylic acids is 2. The van der Waals surface area contributed by atoms with Crippen molar-refractivity contribution in [2.24, 2.45) is 0 Å². The highest BCUT2D eigenvalue weighted by Crippen LogP contribution is 1.99. The molecule has 0 radical (unpaired) electrons. The van der Waals surface area contributed by atoms with Crippen LogP contribution in [0.3, 0.4) is 0 Å². The Morgan fingerprint density at radius 1 is 1.19 bits per heavy atom. The van der Waals surface area contributed by atoms with Gasteiger partial charge in [-0.2, -0.15) is 17.8 Å². The number of hydrogen-bond donors (Lipinski definition) is 6. The fourth-order valence-corrected chi connectivity index (χ4v) is 1.61. The second-order valence-corrected chi connectivity index (χ2v) is 4.31. The summed E-state index contributed by atoms with van der Waals surface area (Å²) in [5.74, 6) is -2.34. The molecule has 116 valence electrons. The largest absolute Gasteiger partial charge is 0.480 e. The molecule has 0 aliphatic heterocycles. The van der Waals surface area contributed by atoms with E-state index in [0.29, 0.717) is 5.82 Å². The molecule has 0 aliphatic rings. The number of aliphatic carboxylic acids is 2. The molecular formula is C9H14N6O5S. The maximum Gasteiger partial charge on any atom is 0.327 e. The van der Waals surface area contributed by atoms with E-state index in [1.54, 1.807) is 0 Å². The van der Waals surface area contributed by atoms with Gasteiger partial charge in [-0.15, -0.1) is 10.2 Å². The van der Waals surface area contributed by atoms with Crippen LogP contribution in [-0.2, 0) is 16.0 Å². The average Bonchev–Trinajstić information content (AvgIpc) is 2.93. The second-order valence-electron chi connectivity index (χ2n) is 3.95. The summed E-state index contributed by atoms with van der Waals surface area (Å²) < 4.78 is 0. The van der Waals surface area contributed by atoms with Gasteiger partial charge in [0.1, 0.15) is 12.1 Å². The first-order chi connectivity index (χ1) is 9.93. The fraction of sp³-hybridized carbons (Fsp3) is 0.556. The van der Waals surface area contributed by atoms with Gasteiger partial charge < -0.3 is 20.8 Å². The minimum atomic E-state index is -1.26. The third-order valence-electron chi connectivity index (χ3n) is 2.44. The molecule has 0 bridgehead atoms. The molecule has 0 spiro atoms. The first-order valence-corrected chi connectivity index (χ1v) is 6.43. The van der Waals surface area contributed by atoms with Crippen LogP contribution in [0.4, 0.5) is 4.79 Å². The van der Waals surface area contributed by atoms with E-state index in [9.17, 15) is 14.4 Å². The van der Waals surface area contributed by atoms with Gasteiger partial charge >= 0.3 is 18.0 Å². The van der Waals surface area contributed by atoms with Crippen molar-refractivity contribution in [2.75, 3.05) is 5.75 Å². The van der Waals surface area contributed by atoms with E-state index in [1.807, 2.05) is 0 Å². The van der Waals surface area contributed by atoms with Crippen molar-refractivity contribution < 1.29 is 24.6 Å². The van der Waals surface area contributed by atoms with Gasteiger partial charge in [-0.05, 0) is 6.42 Å². The molecule has 2 amide bonds. The molecule has 0 saturated heterocycles. The normalized spacial score (nSPS) is 13.2. The lowest BCUT2D eigenvalue weighted by molar-refractivity contribution is -0.139. The summed E-state index contributed by atoms with van der Waals surface area (Å²) in [4.78, 5) is 33.3. The number of carbonyl (C=O) groups is 3. The summed E-state index contributed by atoms with van der Waals surface area (Å²) in [6.45, 7) is 0. The molecule has 2 atom stereocenters. The average molecular weight is 318 g/mol. The van der Waals surface area contributed by atoms with Gasteiger partial charge in [0.15, 0.2) is 5.82 Å². The molecule has 0 fully saturated rings. The lowest BCUT2D eigenvalue weighted by Crippen LogP contribution is -2.51. The van der Waals surface area contributed by atoms with Gasteiger partial charge in [0.05, 0.1) is 0 Å². The highest BCUT2D eigenvalue weighted by molar-refractivity contribution is 7.80. The van der Waals surface area contributed by atoms with Crippen molar-refractivity contribution in [3.05, 3.63) is 5.82 Å².